The van der Waals surface area contributed by atoms with Crippen LogP contribution in [0.15, 0.2) is 0 Å². The fourth-order valence-electron chi connectivity index (χ4n) is 1.76. The van der Waals surface area contributed by atoms with Gasteiger partial charge in [-0.1, -0.05) is 0 Å². The van der Waals surface area contributed by atoms with Crippen molar-refractivity contribution >= 4 is 11.9 Å². The van der Waals surface area contributed by atoms with Crippen molar-refractivity contribution in [3.63, 3.8) is 0 Å². The second-order valence-corrected chi connectivity index (χ2v) is 3.94. The van der Waals surface area contributed by atoms with Gasteiger partial charge in [-0.05, 0) is 13.0 Å². The van der Waals surface area contributed by atoms with E-state index in [9.17, 15) is 9.59 Å². The molecule has 1 saturated heterocycles. The van der Waals surface area contributed by atoms with E-state index in [1.165, 1.54) is 0 Å². The maximum atomic E-state index is 11.6. The van der Waals surface area contributed by atoms with Crippen molar-refractivity contribution in [2.75, 3.05) is 39.3 Å². The Labute approximate surface area is 95.0 Å². The number of piperazine rings is 1. The second kappa shape index (κ2) is 6.44. The quantitative estimate of drug-likeness (QED) is 0.628. The summed E-state index contributed by atoms with van der Waals surface area (Å²) in [5.74, 6) is -0.691. The lowest BCUT2D eigenvalue weighted by Gasteiger charge is -2.33. The molecule has 6 nitrogen and oxygen atoms in total. The lowest BCUT2D eigenvalue weighted by molar-refractivity contribution is -0.139. The molecule has 1 aliphatic rings. The first-order valence-corrected chi connectivity index (χ1v) is 5.55. The molecule has 0 unspecified atom stereocenters. The van der Waals surface area contributed by atoms with E-state index in [-0.39, 0.29) is 12.5 Å². The monoisotopic (exact) mass is 229 g/mol. The fraction of sp³-hybridized carbons (Fsp3) is 0.800. The molecule has 0 aromatic carbocycles. The van der Waals surface area contributed by atoms with Gasteiger partial charge in [-0.3, -0.25) is 14.5 Å². The van der Waals surface area contributed by atoms with Crippen molar-refractivity contribution in [1.29, 1.82) is 0 Å². The molecule has 0 spiro atoms. The summed E-state index contributed by atoms with van der Waals surface area (Å²) >= 11 is 0. The number of amides is 1. The summed E-state index contributed by atoms with van der Waals surface area (Å²) in [6.45, 7) is 3.12. The zero-order valence-electron chi connectivity index (χ0n) is 9.39. The molecule has 1 heterocycles. The lowest BCUT2D eigenvalue weighted by atomic mass is 10.2. The molecule has 0 aromatic heterocycles. The molecule has 1 aliphatic heterocycles. The minimum absolute atomic E-state index is 0.0603. The molecule has 0 bridgehead atoms. The van der Waals surface area contributed by atoms with Gasteiger partial charge in [-0.25, -0.2) is 0 Å². The van der Waals surface area contributed by atoms with Crippen molar-refractivity contribution in [1.82, 2.24) is 9.80 Å². The van der Waals surface area contributed by atoms with Crippen LogP contribution < -0.4 is 5.73 Å². The van der Waals surface area contributed by atoms with E-state index < -0.39 is 5.97 Å². The van der Waals surface area contributed by atoms with Crippen LogP contribution in [0.4, 0.5) is 0 Å². The summed E-state index contributed by atoms with van der Waals surface area (Å²) in [7, 11) is 0. The molecule has 1 rings (SSSR count). The highest BCUT2D eigenvalue weighted by molar-refractivity contribution is 5.76. The molecule has 16 heavy (non-hydrogen) atoms. The number of rotatable bonds is 5. The highest BCUT2D eigenvalue weighted by atomic mass is 16.4. The zero-order valence-corrected chi connectivity index (χ0v) is 9.39. The zero-order chi connectivity index (χ0) is 12.0. The Bertz CT molecular complexity index is 250. The Morgan fingerprint density at radius 1 is 1.19 bits per heavy atom. The van der Waals surface area contributed by atoms with E-state index in [2.05, 4.69) is 0 Å². The Balaban J connectivity index is 2.25. The van der Waals surface area contributed by atoms with E-state index in [1.807, 2.05) is 4.90 Å². The van der Waals surface area contributed by atoms with Crippen LogP contribution in [0.3, 0.4) is 0 Å². The van der Waals surface area contributed by atoms with Gasteiger partial charge in [0.25, 0.3) is 0 Å². The standard InChI is InChI=1S/C10H19N3O3/c11-3-1-2-9(14)13-6-4-12(5-7-13)8-10(15)16/h1-8,11H2,(H,15,16). The number of carboxylic acids is 1. The molecule has 6 heteroatoms. The molecular formula is C10H19N3O3. The van der Waals surface area contributed by atoms with Gasteiger partial charge in [0, 0.05) is 32.6 Å². The third-order valence-corrected chi connectivity index (χ3v) is 2.68. The van der Waals surface area contributed by atoms with E-state index in [1.54, 1.807) is 4.90 Å². The maximum Gasteiger partial charge on any atom is 0.317 e. The van der Waals surface area contributed by atoms with Gasteiger partial charge >= 0.3 is 5.97 Å². The summed E-state index contributed by atoms with van der Waals surface area (Å²) in [5.41, 5.74) is 5.34. The Morgan fingerprint density at radius 3 is 2.31 bits per heavy atom. The van der Waals surface area contributed by atoms with Crippen LogP contribution in [0.1, 0.15) is 12.8 Å². The topological polar surface area (TPSA) is 86.9 Å². The smallest absolute Gasteiger partial charge is 0.317 e. The second-order valence-electron chi connectivity index (χ2n) is 3.94. The Morgan fingerprint density at radius 2 is 1.81 bits per heavy atom. The van der Waals surface area contributed by atoms with Crippen molar-refractivity contribution in [2.45, 2.75) is 12.8 Å². The predicted molar refractivity (Wildman–Crippen MR) is 58.9 cm³/mol. The maximum absolute atomic E-state index is 11.6. The first kappa shape index (κ1) is 12.9. The van der Waals surface area contributed by atoms with Crippen LogP contribution in [0, 0.1) is 0 Å². The number of hydrogen-bond donors (Lipinski definition) is 2. The molecule has 3 N–H and O–H groups in total. The predicted octanol–water partition coefficient (Wildman–Crippen LogP) is -1.05. The Hall–Kier alpha value is -1.14. The summed E-state index contributed by atoms with van der Waals surface area (Å²) in [6, 6.07) is 0. The first-order chi connectivity index (χ1) is 7.63. The van der Waals surface area contributed by atoms with Crippen molar-refractivity contribution < 1.29 is 14.7 Å². The molecule has 0 aromatic rings. The molecule has 0 radical (unpaired) electrons. The lowest BCUT2D eigenvalue weighted by Crippen LogP contribution is -2.49. The highest BCUT2D eigenvalue weighted by Gasteiger charge is 2.21. The number of hydrogen-bond acceptors (Lipinski definition) is 4. The molecule has 1 amide bonds. The van der Waals surface area contributed by atoms with Gasteiger partial charge in [0.1, 0.15) is 0 Å². The summed E-state index contributed by atoms with van der Waals surface area (Å²) in [4.78, 5) is 25.7. The Kier molecular flexibility index (Phi) is 5.21. The molecule has 92 valence electrons. The summed E-state index contributed by atoms with van der Waals surface area (Å²) < 4.78 is 0. The molecule has 0 aliphatic carbocycles. The largest absolute Gasteiger partial charge is 0.480 e. The molecule has 1 fully saturated rings. The van der Waals surface area contributed by atoms with Gasteiger partial charge < -0.3 is 15.7 Å². The SMILES string of the molecule is NCCCC(=O)N1CCN(CC(=O)O)CC1. The van der Waals surface area contributed by atoms with E-state index >= 15 is 0 Å². The van der Waals surface area contributed by atoms with Gasteiger partial charge in [0.2, 0.25) is 5.91 Å². The van der Waals surface area contributed by atoms with Crippen LogP contribution in [0.25, 0.3) is 0 Å². The van der Waals surface area contributed by atoms with Crippen LogP contribution in [-0.2, 0) is 9.59 Å². The van der Waals surface area contributed by atoms with Crippen molar-refractivity contribution in [2.24, 2.45) is 5.73 Å². The minimum atomic E-state index is -0.817. The van der Waals surface area contributed by atoms with Gasteiger partial charge in [-0.2, -0.15) is 0 Å². The normalized spacial score (nSPS) is 17.4. The van der Waals surface area contributed by atoms with Crippen LogP contribution in [0.2, 0.25) is 0 Å². The fourth-order valence-corrected chi connectivity index (χ4v) is 1.76. The van der Waals surface area contributed by atoms with E-state index in [0.717, 1.165) is 0 Å². The first-order valence-electron chi connectivity index (χ1n) is 5.55. The number of carboxylic acid groups (broad SMARTS) is 1. The number of carbonyl (C=O) groups excluding carboxylic acids is 1. The average Bonchev–Trinajstić information content (AvgIpc) is 2.26. The highest BCUT2D eigenvalue weighted by Crippen LogP contribution is 2.04. The van der Waals surface area contributed by atoms with Gasteiger partial charge in [-0.15, -0.1) is 0 Å². The molecule has 0 atom stereocenters. The third kappa shape index (κ3) is 4.16. The van der Waals surface area contributed by atoms with Crippen molar-refractivity contribution in [3.05, 3.63) is 0 Å². The van der Waals surface area contributed by atoms with Crippen LogP contribution in [-0.4, -0.2) is 66.1 Å². The third-order valence-electron chi connectivity index (χ3n) is 2.68. The number of aliphatic carboxylic acids is 1. The number of carbonyl (C=O) groups is 2. The van der Waals surface area contributed by atoms with Crippen LogP contribution in [0.5, 0.6) is 0 Å². The van der Waals surface area contributed by atoms with E-state index in [4.69, 9.17) is 10.8 Å². The van der Waals surface area contributed by atoms with Gasteiger partial charge in [0.05, 0.1) is 6.54 Å². The average molecular weight is 229 g/mol. The number of nitrogens with two attached hydrogens (primary N) is 1. The number of nitrogens with zero attached hydrogens (tertiary/aromatic N) is 2. The molecular weight excluding hydrogens is 210 g/mol. The van der Waals surface area contributed by atoms with Gasteiger partial charge in [0.15, 0.2) is 0 Å². The summed E-state index contributed by atoms with van der Waals surface area (Å²) in [6.07, 6.45) is 1.21. The summed E-state index contributed by atoms with van der Waals surface area (Å²) in [5, 5.41) is 8.62. The van der Waals surface area contributed by atoms with Crippen LogP contribution >= 0.6 is 0 Å². The minimum Gasteiger partial charge on any atom is -0.480 e. The van der Waals surface area contributed by atoms with Crippen molar-refractivity contribution in [3.8, 4) is 0 Å². The van der Waals surface area contributed by atoms with E-state index in [0.29, 0.717) is 45.6 Å². The molecule has 0 saturated carbocycles.